The topological polar surface area (TPSA) is 94.1 Å². The molecule has 1 unspecified atom stereocenters. The molecular formula is C20H33N5O3. The lowest BCUT2D eigenvalue weighted by molar-refractivity contribution is -0.126. The van der Waals surface area contributed by atoms with Crippen molar-refractivity contribution in [1.82, 2.24) is 20.5 Å². The number of hydrazone groups is 1. The molecule has 156 valence electrons. The number of likely N-dealkylation sites (tertiary alicyclic amines) is 2. The molecule has 1 atom stereocenters. The van der Waals surface area contributed by atoms with Crippen LogP contribution in [0.4, 0.5) is 0 Å². The summed E-state index contributed by atoms with van der Waals surface area (Å²) >= 11 is 0. The van der Waals surface area contributed by atoms with Crippen molar-refractivity contribution < 1.29 is 14.4 Å². The zero-order chi connectivity index (χ0) is 19.9. The molecule has 2 saturated heterocycles. The summed E-state index contributed by atoms with van der Waals surface area (Å²) in [7, 11) is 0. The van der Waals surface area contributed by atoms with Gasteiger partial charge in [0, 0.05) is 44.9 Å². The molecule has 3 amide bonds. The van der Waals surface area contributed by atoms with E-state index in [1.54, 1.807) is 0 Å². The largest absolute Gasteiger partial charge is 0.355 e. The number of rotatable bonds is 7. The maximum Gasteiger partial charge on any atom is 0.270 e. The van der Waals surface area contributed by atoms with Crippen LogP contribution in [0.15, 0.2) is 5.10 Å². The molecule has 28 heavy (non-hydrogen) atoms. The average molecular weight is 392 g/mol. The Hall–Kier alpha value is -1.96. The lowest BCUT2D eigenvalue weighted by atomic mass is 9.91. The van der Waals surface area contributed by atoms with Crippen molar-refractivity contribution in [3.05, 3.63) is 0 Å². The molecule has 0 spiro atoms. The van der Waals surface area contributed by atoms with Crippen molar-refractivity contribution in [2.45, 2.75) is 64.3 Å². The van der Waals surface area contributed by atoms with Gasteiger partial charge in [-0.3, -0.25) is 19.3 Å². The second-order valence-electron chi connectivity index (χ2n) is 8.10. The molecule has 0 aromatic rings. The predicted molar refractivity (Wildman–Crippen MR) is 107 cm³/mol. The molecule has 0 aromatic heterocycles. The summed E-state index contributed by atoms with van der Waals surface area (Å²) in [6.45, 7) is 6.54. The number of nitrogens with one attached hydrogen (secondary N) is 2. The van der Waals surface area contributed by atoms with Crippen molar-refractivity contribution in [3.63, 3.8) is 0 Å². The number of amides is 3. The van der Waals surface area contributed by atoms with E-state index < -0.39 is 0 Å². The van der Waals surface area contributed by atoms with E-state index in [-0.39, 0.29) is 17.7 Å². The highest BCUT2D eigenvalue weighted by Gasteiger charge is 2.28. The summed E-state index contributed by atoms with van der Waals surface area (Å²) in [5.41, 5.74) is 2.84. The van der Waals surface area contributed by atoms with Gasteiger partial charge in [0.2, 0.25) is 11.8 Å². The van der Waals surface area contributed by atoms with Crippen LogP contribution >= 0.6 is 0 Å². The maximum absolute atomic E-state index is 12.5. The monoisotopic (exact) mass is 391 g/mol. The summed E-state index contributed by atoms with van der Waals surface area (Å²) in [5.74, 6) is 0.437. The van der Waals surface area contributed by atoms with Crippen LogP contribution in [0, 0.1) is 5.92 Å². The number of carbonyl (C=O) groups is 3. The summed E-state index contributed by atoms with van der Waals surface area (Å²) in [6.07, 6.45) is 6.44. The fourth-order valence-corrected chi connectivity index (χ4v) is 4.43. The lowest BCUT2D eigenvalue weighted by Crippen LogP contribution is -2.44. The van der Waals surface area contributed by atoms with Gasteiger partial charge in [-0.25, -0.2) is 5.43 Å². The van der Waals surface area contributed by atoms with Gasteiger partial charge in [0.1, 0.15) is 5.71 Å². The van der Waals surface area contributed by atoms with Crippen LogP contribution in [0.2, 0.25) is 0 Å². The van der Waals surface area contributed by atoms with Crippen molar-refractivity contribution in [2.24, 2.45) is 11.0 Å². The van der Waals surface area contributed by atoms with Gasteiger partial charge in [-0.2, -0.15) is 5.10 Å². The Kier molecular flexibility index (Phi) is 7.42. The normalized spacial score (nSPS) is 24.0. The third-order valence-electron chi connectivity index (χ3n) is 6.27. The van der Waals surface area contributed by atoms with Gasteiger partial charge in [0.15, 0.2) is 0 Å². The quantitative estimate of drug-likeness (QED) is 0.673. The van der Waals surface area contributed by atoms with Crippen molar-refractivity contribution in [3.8, 4) is 0 Å². The number of nitrogens with zero attached hydrogens (tertiary/aromatic N) is 3. The average Bonchev–Trinajstić information content (AvgIpc) is 3.19. The molecule has 2 fully saturated rings. The molecule has 8 nitrogen and oxygen atoms in total. The van der Waals surface area contributed by atoms with E-state index in [0.717, 1.165) is 38.9 Å². The molecule has 3 aliphatic rings. The summed E-state index contributed by atoms with van der Waals surface area (Å²) in [6, 6.07) is 0.496. The van der Waals surface area contributed by atoms with Gasteiger partial charge in [0.05, 0.1) is 0 Å². The third-order valence-corrected chi connectivity index (χ3v) is 6.27. The van der Waals surface area contributed by atoms with Crippen LogP contribution in [0.5, 0.6) is 0 Å². The fourth-order valence-electron chi connectivity index (χ4n) is 4.43. The van der Waals surface area contributed by atoms with Gasteiger partial charge >= 0.3 is 0 Å². The first-order valence-electron chi connectivity index (χ1n) is 10.7. The Morgan fingerprint density at radius 1 is 1.18 bits per heavy atom. The molecule has 0 aliphatic carbocycles. The Labute approximate surface area is 167 Å². The Morgan fingerprint density at radius 2 is 1.96 bits per heavy atom. The highest BCUT2D eigenvalue weighted by Crippen LogP contribution is 2.23. The van der Waals surface area contributed by atoms with Gasteiger partial charge in [-0.15, -0.1) is 0 Å². The van der Waals surface area contributed by atoms with Gasteiger partial charge < -0.3 is 10.2 Å². The molecule has 3 heterocycles. The molecule has 0 saturated carbocycles. The minimum Gasteiger partial charge on any atom is -0.355 e. The minimum absolute atomic E-state index is 0.0618. The third kappa shape index (κ3) is 5.53. The highest BCUT2D eigenvalue weighted by atomic mass is 16.2. The number of hydrogen-bond donors (Lipinski definition) is 2. The van der Waals surface area contributed by atoms with E-state index in [0.29, 0.717) is 50.0 Å². The molecule has 8 heteroatoms. The van der Waals surface area contributed by atoms with E-state index in [1.807, 2.05) is 4.90 Å². The van der Waals surface area contributed by atoms with Crippen molar-refractivity contribution >= 4 is 23.4 Å². The molecule has 3 aliphatic heterocycles. The lowest BCUT2D eigenvalue weighted by Gasteiger charge is -2.32. The molecule has 0 aromatic carbocycles. The molecular weight excluding hydrogens is 358 g/mol. The van der Waals surface area contributed by atoms with Gasteiger partial charge in [-0.05, 0) is 51.1 Å². The van der Waals surface area contributed by atoms with Crippen LogP contribution in [0.25, 0.3) is 0 Å². The Bertz CT molecular complexity index is 613. The Morgan fingerprint density at radius 3 is 2.64 bits per heavy atom. The highest BCUT2D eigenvalue weighted by molar-refractivity contribution is 6.39. The Balaban J connectivity index is 1.32. The van der Waals surface area contributed by atoms with Crippen molar-refractivity contribution in [1.29, 1.82) is 0 Å². The van der Waals surface area contributed by atoms with Crippen LogP contribution < -0.4 is 10.7 Å². The SMILES string of the molecule is CCN1CCCC1CNC(=O)CCC1CCN(C(=O)C2=NNC(=O)CC2)CC1. The first-order valence-corrected chi connectivity index (χ1v) is 10.7. The number of carbonyl (C=O) groups excluding carboxylic acids is 3. The van der Waals surface area contributed by atoms with Crippen LogP contribution in [0.3, 0.4) is 0 Å². The molecule has 0 radical (unpaired) electrons. The van der Waals surface area contributed by atoms with E-state index in [9.17, 15) is 14.4 Å². The zero-order valence-corrected chi connectivity index (χ0v) is 16.9. The summed E-state index contributed by atoms with van der Waals surface area (Å²) in [5, 5.41) is 7.00. The van der Waals surface area contributed by atoms with Crippen LogP contribution in [-0.4, -0.2) is 72.0 Å². The first kappa shape index (κ1) is 20.8. The van der Waals surface area contributed by atoms with Crippen LogP contribution in [-0.2, 0) is 14.4 Å². The number of hydrogen-bond acceptors (Lipinski definition) is 5. The second kappa shape index (κ2) is 10.0. The maximum atomic E-state index is 12.5. The van der Waals surface area contributed by atoms with E-state index in [4.69, 9.17) is 0 Å². The number of piperidine rings is 1. The van der Waals surface area contributed by atoms with E-state index in [1.165, 1.54) is 12.8 Å². The zero-order valence-electron chi connectivity index (χ0n) is 16.9. The van der Waals surface area contributed by atoms with Crippen molar-refractivity contribution in [2.75, 3.05) is 32.7 Å². The second-order valence-corrected chi connectivity index (χ2v) is 8.10. The minimum atomic E-state index is -0.135. The first-order chi connectivity index (χ1) is 13.6. The van der Waals surface area contributed by atoms with Gasteiger partial charge in [-0.1, -0.05) is 6.92 Å². The smallest absolute Gasteiger partial charge is 0.270 e. The standard InChI is InChI=1S/C20H33N5O3/c1-2-24-11-3-4-16(24)14-21-18(26)7-5-15-9-12-25(13-10-15)20(28)17-6-8-19(27)23-22-17/h15-16H,2-14H2,1H3,(H,21,26)(H,23,27). The molecule has 3 rings (SSSR count). The summed E-state index contributed by atoms with van der Waals surface area (Å²) < 4.78 is 0. The molecule has 0 bridgehead atoms. The summed E-state index contributed by atoms with van der Waals surface area (Å²) in [4.78, 5) is 40.1. The van der Waals surface area contributed by atoms with E-state index >= 15 is 0 Å². The van der Waals surface area contributed by atoms with Crippen LogP contribution in [0.1, 0.15) is 58.3 Å². The fraction of sp³-hybridized carbons (Fsp3) is 0.800. The predicted octanol–water partition coefficient (Wildman–Crippen LogP) is 0.872. The van der Waals surface area contributed by atoms with Gasteiger partial charge in [0.25, 0.3) is 5.91 Å². The molecule has 2 N–H and O–H groups in total. The van der Waals surface area contributed by atoms with E-state index in [2.05, 4.69) is 27.7 Å². The number of likely N-dealkylation sites (N-methyl/N-ethyl adjacent to an activating group) is 1.